The number of hydrogen-bond acceptors (Lipinski definition) is 6. The van der Waals surface area contributed by atoms with E-state index in [1.165, 1.54) is 12.4 Å². The summed E-state index contributed by atoms with van der Waals surface area (Å²) in [5.74, 6) is 0. The number of hydrogen-bond donors (Lipinski definition) is 1. The molecule has 2 rings (SSSR count). The Kier molecular flexibility index (Phi) is 4.48. The Hall–Kier alpha value is -2.38. The fourth-order valence-corrected chi connectivity index (χ4v) is 2.36. The molecule has 1 aliphatic rings. The molecule has 0 radical (unpaired) electrons. The molecule has 1 fully saturated rings. The van der Waals surface area contributed by atoms with Crippen LogP contribution in [0.4, 0.5) is 16.2 Å². The van der Waals surface area contributed by atoms with Crippen molar-refractivity contribution in [1.29, 1.82) is 0 Å². The summed E-state index contributed by atoms with van der Waals surface area (Å²) in [5, 5.41) is 13.8. The third-order valence-corrected chi connectivity index (χ3v) is 3.22. The predicted octanol–water partition coefficient (Wildman–Crippen LogP) is 2.09. The molecule has 1 aromatic heterocycles. The quantitative estimate of drug-likeness (QED) is 0.678. The topological polar surface area (TPSA) is 97.6 Å². The monoisotopic (exact) mass is 308 g/mol. The van der Waals surface area contributed by atoms with Crippen LogP contribution in [0.3, 0.4) is 0 Å². The minimum atomic E-state index is -0.549. The van der Waals surface area contributed by atoms with Gasteiger partial charge in [-0.1, -0.05) is 0 Å². The molecule has 1 amide bonds. The highest BCUT2D eigenvalue weighted by molar-refractivity contribution is 5.69. The van der Waals surface area contributed by atoms with Crippen molar-refractivity contribution >= 4 is 17.5 Å². The van der Waals surface area contributed by atoms with Crippen LogP contribution in [0.15, 0.2) is 18.5 Å². The van der Waals surface area contributed by atoms with Gasteiger partial charge in [0, 0.05) is 19.3 Å². The summed E-state index contributed by atoms with van der Waals surface area (Å²) in [6.07, 6.45) is 3.00. The predicted molar refractivity (Wildman–Crippen MR) is 80.9 cm³/mol. The highest BCUT2D eigenvalue weighted by Crippen LogP contribution is 2.29. The normalized spacial score (nSPS) is 18.1. The third-order valence-electron chi connectivity index (χ3n) is 3.22. The van der Waals surface area contributed by atoms with Crippen molar-refractivity contribution in [3.63, 3.8) is 0 Å². The summed E-state index contributed by atoms with van der Waals surface area (Å²) in [6, 6.07) is 1.52. The lowest BCUT2D eigenvalue weighted by Gasteiger charge is -2.22. The van der Waals surface area contributed by atoms with Gasteiger partial charge in [-0.2, -0.15) is 0 Å². The van der Waals surface area contributed by atoms with Crippen LogP contribution in [0.5, 0.6) is 0 Å². The van der Waals surface area contributed by atoms with Gasteiger partial charge in [0.1, 0.15) is 17.5 Å². The van der Waals surface area contributed by atoms with Gasteiger partial charge in [-0.15, -0.1) is 0 Å². The molecule has 1 aliphatic heterocycles. The molecule has 2 heterocycles. The number of nitrogens with zero attached hydrogens (tertiary/aromatic N) is 3. The van der Waals surface area contributed by atoms with E-state index >= 15 is 0 Å². The molecule has 1 aromatic rings. The second-order valence-electron chi connectivity index (χ2n) is 6.20. The number of pyridine rings is 1. The number of alkyl carbamates (subject to hydrolysis) is 1. The van der Waals surface area contributed by atoms with E-state index in [-0.39, 0.29) is 11.7 Å². The first-order valence-corrected chi connectivity index (χ1v) is 7.09. The summed E-state index contributed by atoms with van der Waals surface area (Å²) in [5.41, 5.74) is -0.0550. The number of carbonyl (C=O) groups is 1. The minimum Gasteiger partial charge on any atom is -0.444 e. The summed E-state index contributed by atoms with van der Waals surface area (Å²) in [6.45, 7) is 6.53. The smallest absolute Gasteiger partial charge is 0.407 e. The number of aromatic nitrogens is 1. The third kappa shape index (κ3) is 4.06. The molecule has 0 unspecified atom stereocenters. The summed E-state index contributed by atoms with van der Waals surface area (Å²) in [7, 11) is 0. The fraction of sp³-hybridized carbons (Fsp3) is 0.571. The van der Waals surface area contributed by atoms with Crippen LogP contribution in [0, 0.1) is 10.1 Å². The van der Waals surface area contributed by atoms with E-state index in [1.807, 2.05) is 4.90 Å². The maximum atomic E-state index is 11.8. The molecule has 120 valence electrons. The van der Waals surface area contributed by atoms with E-state index in [1.54, 1.807) is 26.8 Å². The first-order chi connectivity index (χ1) is 10.3. The van der Waals surface area contributed by atoms with E-state index in [4.69, 9.17) is 4.74 Å². The lowest BCUT2D eigenvalue weighted by Crippen LogP contribution is -2.40. The van der Waals surface area contributed by atoms with Gasteiger partial charge in [0.25, 0.3) is 0 Å². The lowest BCUT2D eigenvalue weighted by molar-refractivity contribution is -0.384. The first kappa shape index (κ1) is 16.0. The number of ether oxygens (including phenoxy) is 1. The van der Waals surface area contributed by atoms with Gasteiger partial charge in [-0.3, -0.25) is 15.1 Å². The maximum absolute atomic E-state index is 11.8. The Labute approximate surface area is 128 Å². The van der Waals surface area contributed by atoms with Crippen LogP contribution in [-0.2, 0) is 4.74 Å². The van der Waals surface area contributed by atoms with Gasteiger partial charge in [0.2, 0.25) is 0 Å². The first-order valence-electron chi connectivity index (χ1n) is 7.09. The van der Waals surface area contributed by atoms with Crippen molar-refractivity contribution in [3.05, 3.63) is 28.6 Å². The van der Waals surface area contributed by atoms with E-state index in [9.17, 15) is 14.9 Å². The zero-order valence-corrected chi connectivity index (χ0v) is 12.9. The Morgan fingerprint density at radius 2 is 2.27 bits per heavy atom. The van der Waals surface area contributed by atoms with E-state index < -0.39 is 16.6 Å². The van der Waals surface area contributed by atoms with Gasteiger partial charge in [0.15, 0.2) is 0 Å². The van der Waals surface area contributed by atoms with Crippen molar-refractivity contribution in [1.82, 2.24) is 10.3 Å². The van der Waals surface area contributed by atoms with Crippen molar-refractivity contribution in [2.75, 3.05) is 18.0 Å². The van der Waals surface area contributed by atoms with E-state index in [2.05, 4.69) is 10.3 Å². The average molecular weight is 308 g/mol. The largest absolute Gasteiger partial charge is 0.444 e. The number of carbonyl (C=O) groups excluding carboxylic acids is 1. The van der Waals surface area contributed by atoms with Gasteiger partial charge < -0.3 is 15.0 Å². The zero-order valence-electron chi connectivity index (χ0n) is 12.9. The Bertz CT molecular complexity index is 570. The molecule has 0 aromatic carbocycles. The van der Waals surface area contributed by atoms with Crippen LogP contribution >= 0.6 is 0 Å². The highest BCUT2D eigenvalue weighted by atomic mass is 16.6. The summed E-state index contributed by atoms with van der Waals surface area (Å²) >= 11 is 0. The van der Waals surface area contributed by atoms with Gasteiger partial charge >= 0.3 is 11.8 Å². The molecule has 1 atom stereocenters. The highest BCUT2D eigenvalue weighted by Gasteiger charge is 2.29. The Balaban J connectivity index is 1.99. The molecule has 0 aliphatic carbocycles. The maximum Gasteiger partial charge on any atom is 0.407 e. The minimum absolute atomic E-state index is 0.0274. The van der Waals surface area contributed by atoms with Gasteiger partial charge in [-0.25, -0.2) is 4.79 Å². The number of amides is 1. The number of anilines is 1. The zero-order chi connectivity index (χ0) is 16.3. The molecule has 22 heavy (non-hydrogen) atoms. The van der Waals surface area contributed by atoms with Crippen molar-refractivity contribution in [3.8, 4) is 0 Å². The standard InChI is InChI=1S/C14H20N4O4/c1-14(2,3)22-13(19)16-10-5-7-17(9-10)11-4-6-15-8-12(11)18(20)21/h4,6,8,10H,5,7,9H2,1-3H3,(H,16,19)/t10-/m0/s1. The number of nitrogens with one attached hydrogen (secondary N) is 1. The van der Waals surface area contributed by atoms with Crippen LogP contribution in [-0.4, -0.2) is 40.7 Å². The van der Waals surface area contributed by atoms with Crippen molar-refractivity contribution in [2.45, 2.75) is 38.8 Å². The molecule has 0 spiro atoms. The lowest BCUT2D eigenvalue weighted by atomic mass is 10.2. The molecule has 8 heteroatoms. The van der Waals surface area contributed by atoms with Crippen molar-refractivity contribution < 1.29 is 14.5 Å². The fourth-order valence-electron chi connectivity index (χ4n) is 2.36. The van der Waals surface area contributed by atoms with E-state index in [0.29, 0.717) is 25.2 Å². The second-order valence-corrected chi connectivity index (χ2v) is 6.20. The van der Waals surface area contributed by atoms with Crippen LogP contribution < -0.4 is 10.2 Å². The average Bonchev–Trinajstić information content (AvgIpc) is 2.84. The Morgan fingerprint density at radius 3 is 2.91 bits per heavy atom. The van der Waals surface area contributed by atoms with Crippen LogP contribution in [0.1, 0.15) is 27.2 Å². The molecular formula is C14H20N4O4. The number of rotatable bonds is 3. The molecular weight excluding hydrogens is 288 g/mol. The number of nitro groups is 1. The summed E-state index contributed by atoms with van der Waals surface area (Å²) in [4.78, 5) is 28.0. The van der Waals surface area contributed by atoms with Crippen LogP contribution in [0.2, 0.25) is 0 Å². The molecule has 0 bridgehead atoms. The second kappa shape index (κ2) is 6.17. The molecule has 0 saturated carbocycles. The van der Waals surface area contributed by atoms with Gasteiger partial charge in [0.05, 0.1) is 11.0 Å². The SMILES string of the molecule is CC(C)(C)OC(=O)N[C@H]1CCN(c2ccncc2[N+](=O)[O-])C1. The molecule has 1 saturated heterocycles. The Morgan fingerprint density at radius 1 is 1.55 bits per heavy atom. The molecule has 8 nitrogen and oxygen atoms in total. The van der Waals surface area contributed by atoms with Crippen LogP contribution in [0.25, 0.3) is 0 Å². The summed E-state index contributed by atoms with van der Waals surface area (Å²) < 4.78 is 5.22. The van der Waals surface area contributed by atoms with Crippen molar-refractivity contribution in [2.24, 2.45) is 0 Å². The van der Waals surface area contributed by atoms with Gasteiger partial charge in [-0.05, 0) is 33.3 Å². The van der Waals surface area contributed by atoms with E-state index in [0.717, 1.165) is 0 Å². The molecule has 1 N–H and O–H groups in total.